The molecule has 0 aliphatic carbocycles. The van der Waals surface area contributed by atoms with Crippen molar-refractivity contribution in [3.8, 4) is 0 Å². The van der Waals surface area contributed by atoms with E-state index in [1.54, 1.807) is 0 Å². The Morgan fingerprint density at radius 3 is 2.82 bits per heavy atom. The van der Waals surface area contributed by atoms with Gasteiger partial charge < -0.3 is 4.90 Å². The van der Waals surface area contributed by atoms with Gasteiger partial charge in [-0.1, -0.05) is 15.9 Å². The summed E-state index contributed by atoms with van der Waals surface area (Å²) >= 11 is 3.41. The summed E-state index contributed by atoms with van der Waals surface area (Å²) < 4.78 is 0. The van der Waals surface area contributed by atoms with E-state index in [0.717, 1.165) is 17.6 Å². The normalized spacial score (nSPS) is 28.6. The topological polar surface area (TPSA) is 61.8 Å². The average molecular weight is 302 g/mol. The number of halogens is 1. The molecule has 0 aromatic heterocycles. The Kier molecular flexibility index (Phi) is 3.81. The molecule has 0 spiro atoms. The Bertz CT molecular complexity index is 370. The quantitative estimate of drug-likeness (QED) is 0.779. The van der Waals surface area contributed by atoms with Gasteiger partial charge in [-0.05, 0) is 19.3 Å². The van der Waals surface area contributed by atoms with Crippen LogP contribution in [0.3, 0.4) is 0 Å². The minimum atomic E-state index is -0.161. The first kappa shape index (κ1) is 12.5. The van der Waals surface area contributed by atoms with Crippen molar-refractivity contribution in [1.29, 1.82) is 0 Å². The van der Waals surface area contributed by atoms with E-state index in [1.165, 1.54) is 0 Å². The standard InChI is InChI=1S/C11H16BrN3O2/c1-7-9(11(17)14-13-7)2-3-15-6-8(5-12)4-10(15)16/h8-9H,2-6H2,1H3,(H,14,17). The van der Waals surface area contributed by atoms with E-state index in [0.29, 0.717) is 25.3 Å². The van der Waals surface area contributed by atoms with Gasteiger partial charge in [0.1, 0.15) is 0 Å². The number of rotatable bonds is 4. The molecule has 1 N–H and O–H groups in total. The van der Waals surface area contributed by atoms with Gasteiger partial charge in [0.25, 0.3) is 0 Å². The van der Waals surface area contributed by atoms with Crippen LogP contribution in [-0.4, -0.2) is 40.8 Å². The van der Waals surface area contributed by atoms with Crippen LogP contribution in [0.25, 0.3) is 0 Å². The van der Waals surface area contributed by atoms with Gasteiger partial charge in [0.15, 0.2) is 0 Å². The van der Waals surface area contributed by atoms with Gasteiger partial charge in [-0.2, -0.15) is 5.10 Å². The van der Waals surface area contributed by atoms with Crippen LogP contribution >= 0.6 is 15.9 Å². The highest BCUT2D eigenvalue weighted by Gasteiger charge is 2.31. The molecule has 6 heteroatoms. The lowest BCUT2D eigenvalue weighted by molar-refractivity contribution is -0.128. The van der Waals surface area contributed by atoms with Crippen LogP contribution < -0.4 is 5.43 Å². The maximum atomic E-state index is 11.7. The molecule has 2 aliphatic heterocycles. The predicted molar refractivity (Wildman–Crippen MR) is 67.8 cm³/mol. The van der Waals surface area contributed by atoms with Crippen molar-refractivity contribution in [1.82, 2.24) is 10.3 Å². The molecule has 17 heavy (non-hydrogen) atoms. The molecule has 0 aromatic rings. The second-order valence-electron chi connectivity index (χ2n) is 4.63. The first-order valence-electron chi connectivity index (χ1n) is 5.79. The monoisotopic (exact) mass is 301 g/mol. The summed E-state index contributed by atoms with van der Waals surface area (Å²) in [7, 11) is 0. The van der Waals surface area contributed by atoms with E-state index >= 15 is 0 Å². The summed E-state index contributed by atoms with van der Waals surface area (Å²) in [4.78, 5) is 25.0. The lowest BCUT2D eigenvalue weighted by atomic mass is 10.0. The number of alkyl halides is 1. The SMILES string of the molecule is CC1=NNC(=O)C1CCN1CC(CBr)CC1=O. The molecule has 0 aromatic carbocycles. The van der Waals surface area contributed by atoms with Gasteiger partial charge in [-0.15, -0.1) is 0 Å². The molecule has 1 fully saturated rings. The number of likely N-dealkylation sites (tertiary alicyclic amines) is 1. The summed E-state index contributed by atoms with van der Waals surface area (Å²) in [6, 6.07) is 0. The van der Waals surface area contributed by atoms with Crippen LogP contribution in [0.2, 0.25) is 0 Å². The molecule has 2 amide bonds. The van der Waals surface area contributed by atoms with Crippen LogP contribution in [0.15, 0.2) is 5.10 Å². The lowest BCUT2D eigenvalue weighted by Gasteiger charge is -2.18. The van der Waals surface area contributed by atoms with Crippen LogP contribution in [0.4, 0.5) is 0 Å². The van der Waals surface area contributed by atoms with Gasteiger partial charge in [0, 0.05) is 30.6 Å². The van der Waals surface area contributed by atoms with Crippen LogP contribution in [0, 0.1) is 11.8 Å². The first-order valence-corrected chi connectivity index (χ1v) is 6.91. The summed E-state index contributed by atoms with van der Waals surface area (Å²) in [5, 5.41) is 4.76. The Labute approximate surface area is 109 Å². The number of hydrazone groups is 1. The minimum absolute atomic E-state index is 0.0498. The van der Waals surface area contributed by atoms with Crippen LogP contribution in [-0.2, 0) is 9.59 Å². The smallest absolute Gasteiger partial charge is 0.248 e. The molecule has 2 atom stereocenters. The largest absolute Gasteiger partial charge is 0.342 e. The number of hydrogen-bond acceptors (Lipinski definition) is 3. The van der Waals surface area contributed by atoms with Crippen LogP contribution in [0.1, 0.15) is 19.8 Å². The van der Waals surface area contributed by atoms with Gasteiger partial charge in [0.05, 0.1) is 5.92 Å². The molecule has 1 saturated heterocycles. The van der Waals surface area contributed by atoms with Crippen molar-refractivity contribution in [2.75, 3.05) is 18.4 Å². The molecule has 0 radical (unpaired) electrons. The highest BCUT2D eigenvalue weighted by Crippen LogP contribution is 2.21. The lowest BCUT2D eigenvalue weighted by Crippen LogP contribution is -2.31. The molecule has 0 bridgehead atoms. The van der Waals surface area contributed by atoms with E-state index < -0.39 is 0 Å². The van der Waals surface area contributed by atoms with E-state index in [4.69, 9.17) is 0 Å². The fourth-order valence-electron chi connectivity index (χ4n) is 2.29. The fourth-order valence-corrected chi connectivity index (χ4v) is 2.72. The maximum Gasteiger partial charge on any atom is 0.248 e. The van der Waals surface area contributed by atoms with E-state index in [1.807, 2.05) is 11.8 Å². The number of nitrogens with zero attached hydrogens (tertiary/aromatic N) is 2. The summed E-state index contributed by atoms with van der Waals surface area (Å²) in [6.07, 6.45) is 1.29. The molecule has 2 heterocycles. The summed E-state index contributed by atoms with van der Waals surface area (Å²) in [5.41, 5.74) is 3.28. The fraction of sp³-hybridized carbons (Fsp3) is 0.727. The Balaban J connectivity index is 1.85. The van der Waals surface area contributed by atoms with Crippen molar-refractivity contribution in [2.45, 2.75) is 19.8 Å². The van der Waals surface area contributed by atoms with Crippen molar-refractivity contribution >= 4 is 33.5 Å². The van der Waals surface area contributed by atoms with Gasteiger partial charge >= 0.3 is 0 Å². The zero-order valence-corrected chi connectivity index (χ0v) is 11.4. The zero-order valence-electron chi connectivity index (χ0n) is 9.78. The van der Waals surface area contributed by atoms with Crippen molar-refractivity contribution in [3.63, 3.8) is 0 Å². The maximum absolute atomic E-state index is 11.7. The second-order valence-corrected chi connectivity index (χ2v) is 5.28. The Morgan fingerprint density at radius 2 is 2.29 bits per heavy atom. The highest BCUT2D eigenvalue weighted by molar-refractivity contribution is 9.09. The summed E-state index contributed by atoms with van der Waals surface area (Å²) in [5.74, 6) is 0.397. The third-order valence-corrected chi connectivity index (χ3v) is 4.28. The number of nitrogens with one attached hydrogen (secondary N) is 1. The molecule has 2 aliphatic rings. The molecule has 94 valence electrons. The van der Waals surface area contributed by atoms with Crippen molar-refractivity contribution < 1.29 is 9.59 Å². The van der Waals surface area contributed by atoms with Crippen molar-refractivity contribution in [2.24, 2.45) is 16.9 Å². The number of carbonyl (C=O) groups is 2. The van der Waals surface area contributed by atoms with Gasteiger partial charge in [-0.3, -0.25) is 9.59 Å². The molecular weight excluding hydrogens is 286 g/mol. The number of amides is 2. The van der Waals surface area contributed by atoms with E-state index in [9.17, 15) is 9.59 Å². The molecule has 0 saturated carbocycles. The molecular formula is C11H16BrN3O2. The van der Waals surface area contributed by atoms with E-state index in [2.05, 4.69) is 26.5 Å². The molecule has 2 unspecified atom stereocenters. The minimum Gasteiger partial charge on any atom is -0.342 e. The van der Waals surface area contributed by atoms with Crippen molar-refractivity contribution in [3.05, 3.63) is 0 Å². The zero-order chi connectivity index (χ0) is 12.4. The summed E-state index contributed by atoms with van der Waals surface area (Å²) in [6.45, 7) is 3.29. The molecule has 5 nitrogen and oxygen atoms in total. The molecule has 2 rings (SSSR count). The third-order valence-electron chi connectivity index (χ3n) is 3.36. The van der Waals surface area contributed by atoms with Gasteiger partial charge in [-0.25, -0.2) is 5.43 Å². The number of hydrogen-bond donors (Lipinski definition) is 1. The first-order chi connectivity index (χ1) is 8.11. The van der Waals surface area contributed by atoms with Gasteiger partial charge in [0.2, 0.25) is 11.8 Å². The Hall–Kier alpha value is -0.910. The van der Waals surface area contributed by atoms with Crippen LogP contribution in [0.5, 0.6) is 0 Å². The third kappa shape index (κ3) is 2.68. The Morgan fingerprint density at radius 1 is 1.53 bits per heavy atom. The average Bonchev–Trinajstić information content (AvgIpc) is 2.81. The van der Waals surface area contributed by atoms with E-state index in [-0.39, 0.29) is 17.7 Å². The number of carbonyl (C=O) groups excluding carboxylic acids is 2. The second kappa shape index (κ2) is 5.16. The predicted octanol–water partition coefficient (Wildman–Crippen LogP) is 0.742. The highest BCUT2D eigenvalue weighted by atomic mass is 79.9.